The van der Waals surface area contributed by atoms with E-state index < -0.39 is 8.07 Å². The van der Waals surface area contributed by atoms with Gasteiger partial charge < -0.3 is 13.6 Å². The highest BCUT2D eigenvalue weighted by molar-refractivity contribution is 7.20. The average molecular weight is 1140 g/mol. The Hall–Kier alpha value is -11.3. The van der Waals surface area contributed by atoms with E-state index in [0.29, 0.717) is 0 Å². The molecule has 0 aliphatic heterocycles. The zero-order valence-electron chi connectivity index (χ0n) is 48.1. The van der Waals surface area contributed by atoms with Gasteiger partial charge >= 0.3 is 0 Å². The summed E-state index contributed by atoms with van der Waals surface area (Å²) in [6, 6.07) is 126. The van der Waals surface area contributed by atoms with E-state index in [2.05, 4.69) is 343 Å². The van der Waals surface area contributed by atoms with E-state index in [1.165, 1.54) is 75.6 Å². The molecule has 0 amide bonds. The lowest BCUT2D eigenvalue weighted by Crippen LogP contribution is -2.74. The maximum absolute atomic E-state index is 6.32. The van der Waals surface area contributed by atoms with Gasteiger partial charge in [-0.05, 0) is 108 Å². The molecule has 0 fully saturated rings. The van der Waals surface area contributed by atoms with Crippen molar-refractivity contribution in [2.24, 2.45) is 0 Å². The first kappa shape index (κ1) is 51.1. The summed E-state index contributed by atoms with van der Waals surface area (Å²) in [6.45, 7) is 0. The molecule has 3 nitrogen and oxygen atoms in total. The van der Waals surface area contributed by atoms with Crippen molar-refractivity contribution in [1.29, 1.82) is 0 Å². The molecule has 0 unspecified atom stereocenters. The number of fused-ring (bicyclic) bond motifs is 9. The highest BCUT2D eigenvalue weighted by Gasteiger charge is 2.43. The van der Waals surface area contributed by atoms with Gasteiger partial charge in [-0.15, -0.1) is 0 Å². The van der Waals surface area contributed by atoms with Gasteiger partial charge in [-0.25, -0.2) is 0 Å². The Morgan fingerprint density at radius 3 is 1.38 bits per heavy atom. The Morgan fingerprint density at radius 2 is 0.705 bits per heavy atom. The van der Waals surface area contributed by atoms with Crippen LogP contribution in [0.1, 0.15) is 0 Å². The maximum atomic E-state index is 6.32. The van der Waals surface area contributed by atoms with Gasteiger partial charge in [0.25, 0.3) is 0 Å². The van der Waals surface area contributed by atoms with Gasteiger partial charge in [0.2, 0.25) is 0 Å². The number of hydrogen-bond donors (Lipinski definition) is 0. The molecule has 0 atom stereocenters. The van der Waals surface area contributed by atoms with Crippen molar-refractivity contribution in [3.63, 3.8) is 0 Å². The molecule has 17 aromatic rings. The number of rotatable bonds is 11. The number of furan rings is 1. The zero-order valence-corrected chi connectivity index (χ0v) is 49.1. The predicted octanol–water partition coefficient (Wildman–Crippen LogP) is 19.5. The number of aromatic nitrogens is 2. The summed E-state index contributed by atoms with van der Waals surface area (Å²) in [5.41, 5.74) is 20.3. The second-order valence-corrected chi connectivity index (χ2v) is 26.9. The quantitative estimate of drug-likeness (QED) is 0.0935. The zero-order chi connectivity index (χ0) is 58.1. The van der Waals surface area contributed by atoms with E-state index in [0.717, 1.165) is 77.7 Å². The Balaban J connectivity index is 0.929. The van der Waals surface area contributed by atoms with Crippen LogP contribution in [0.15, 0.2) is 344 Å². The van der Waals surface area contributed by atoms with Gasteiger partial charge in [-0.2, -0.15) is 0 Å². The van der Waals surface area contributed by atoms with E-state index >= 15 is 0 Å². The summed E-state index contributed by atoms with van der Waals surface area (Å²) in [6.07, 6.45) is 0. The number of para-hydroxylation sites is 4. The van der Waals surface area contributed by atoms with Gasteiger partial charge in [0.15, 0.2) is 8.07 Å². The molecule has 0 radical (unpaired) electrons. The Kier molecular flexibility index (Phi) is 12.2. The minimum absolute atomic E-state index is 0.890. The van der Waals surface area contributed by atoms with Crippen LogP contribution in [0.25, 0.3) is 133 Å². The molecule has 0 aliphatic carbocycles. The summed E-state index contributed by atoms with van der Waals surface area (Å²) >= 11 is 0. The van der Waals surface area contributed by atoms with E-state index in [1.54, 1.807) is 0 Å². The van der Waals surface area contributed by atoms with Crippen molar-refractivity contribution < 1.29 is 4.42 Å². The first-order chi connectivity index (χ1) is 43.7. The molecule has 0 spiro atoms. The van der Waals surface area contributed by atoms with Crippen molar-refractivity contribution in [3.05, 3.63) is 340 Å². The fourth-order valence-electron chi connectivity index (χ4n) is 14.4. The van der Waals surface area contributed by atoms with Gasteiger partial charge in [0, 0.05) is 54.7 Å². The average Bonchev–Trinajstić information content (AvgIpc) is 2.41. The monoisotopic (exact) mass is 1140 g/mol. The lowest BCUT2D eigenvalue weighted by molar-refractivity contribution is 0.669. The molecule has 0 saturated heterocycles. The van der Waals surface area contributed by atoms with Crippen molar-refractivity contribution in [2.75, 3.05) is 0 Å². The smallest absolute Gasteiger partial charge is 0.179 e. The first-order valence-electron chi connectivity index (χ1n) is 30.3. The molecule has 4 heteroatoms. The highest BCUT2D eigenvalue weighted by Crippen LogP contribution is 2.46. The Labute approximate surface area is 511 Å². The molecule has 0 saturated carbocycles. The molecule has 412 valence electrons. The van der Waals surface area contributed by atoms with Crippen LogP contribution in [0.3, 0.4) is 0 Å². The van der Waals surface area contributed by atoms with Crippen molar-refractivity contribution in [2.45, 2.75) is 0 Å². The fourth-order valence-corrected chi connectivity index (χ4v) is 19.2. The third kappa shape index (κ3) is 8.18. The van der Waals surface area contributed by atoms with Crippen LogP contribution < -0.4 is 20.7 Å². The Bertz CT molecular complexity index is 5390. The van der Waals surface area contributed by atoms with Crippen molar-refractivity contribution in [3.8, 4) is 67.0 Å². The molecular weight excluding hydrogens is 1080 g/mol. The standard InChI is InChI=1S/C84H56N2OSi/c1-6-26-57(27-7-1)60-32-24-37-65(52-60)88(63-33-12-4-13-34-63,64-35-14-5-15-36-64)66-55-74(58-28-8-2-9-29-58)84(75(56-66)59-30-10-3-11-31-59)86-79-46-22-19-41-70(79)76-54-62(49-50-80(76)86)85-78-45-21-18-40-69(78)73-44-25-43-72(83(73)85)68-39-17-16-38-67(68)61-48-51-82-77(53-61)71-42-20-23-47-81(71)87-82/h1-56H. The lowest BCUT2D eigenvalue weighted by Gasteiger charge is -2.36. The molecule has 0 bridgehead atoms. The SMILES string of the molecule is c1ccc(-c2cccc([Si](c3ccccc3)(c3ccccc3)c3cc(-c4ccccc4)c(-n4c5ccccc5c5cc(-n6c7ccccc7c7cccc(-c8ccccc8-c8ccc9oc%10ccccc%10c9c8)c76)ccc54)c(-c4ccccc4)c3)c2)cc1. The van der Waals surface area contributed by atoms with E-state index in [-0.39, 0.29) is 0 Å². The van der Waals surface area contributed by atoms with Crippen molar-refractivity contribution >= 4 is 94.4 Å². The molecule has 0 aliphatic rings. The number of hydrogen-bond acceptors (Lipinski definition) is 1. The summed E-state index contributed by atoms with van der Waals surface area (Å²) < 4.78 is 11.4. The third-order valence-electron chi connectivity index (χ3n) is 18.3. The molecular formula is C84H56N2OSi. The van der Waals surface area contributed by atoms with Gasteiger partial charge in [0.1, 0.15) is 11.2 Å². The van der Waals surface area contributed by atoms with E-state index in [4.69, 9.17) is 4.42 Å². The van der Waals surface area contributed by atoms with Crippen molar-refractivity contribution in [1.82, 2.24) is 9.13 Å². The van der Waals surface area contributed by atoms with Crippen LogP contribution in [0.4, 0.5) is 0 Å². The van der Waals surface area contributed by atoms with Gasteiger partial charge in [-0.1, -0.05) is 291 Å². The van der Waals surface area contributed by atoms with Crippen LogP contribution in [0, 0.1) is 0 Å². The minimum atomic E-state index is -3.18. The largest absolute Gasteiger partial charge is 0.456 e. The van der Waals surface area contributed by atoms with Crippen LogP contribution in [0.2, 0.25) is 0 Å². The summed E-state index contributed by atoms with van der Waals surface area (Å²) in [5.74, 6) is 0. The van der Waals surface area contributed by atoms with Gasteiger partial charge in [-0.3, -0.25) is 0 Å². The topological polar surface area (TPSA) is 23.0 Å². The molecule has 88 heavy (non-hydrogen) atoms. The minimum Gasteiger partial charge on any atom is -0.456 e. The third-order valence-corrected chi connectivity index (χ3v) is 23.0. The van der Waals surface area contributed by atoms with Crippen LogP contribution in [-0.4, -0.2) is 17.2 Å². The van der Waals surface area contributed by atoms with Crippen LogP contribution in [-0.2, 0) is 0 Å². The molecule has 3 heterocycles. The summed E-state index contributed by atoms with van der Waals surface area (Å²) in [7, 11) is -3.18. The molecule has 3 aromatic heterocycles. The summed E-state index contributed by atoms with van der Waals surface area (Å²) in [5, 5.41) is 12.3. The van der Waals surface area contributed by atoms with Gasteiger partial charge in [0.05, 0.1) is 27.8 Å². The number of benzene rings is 14. The lowest BCUT2D eigenvalue weighted by atomic mass is 9.92. The predicted molar refractivity (Wildman–Crippen MR) is 373 cm³/mol. The van der Waals surface area contributed by atoms with Crippen LogP contribution in [0.5, 0.6) is 0 Å². The summed E-state index contributed by atoms with van der Waals surface area (Å²) in [4.78, 5) is 0. The molecule has 17 rings (SSSR count). The second-order valence-electron chi connectivity index (χ2n) is 23.0. The molecule has 14 aromatic carbocycles. The van der Waals surface area contributed by atoms with E-state index in [9.17, 15) is 0 Å². The normalized spacial score (nSPS) is 11.9. The molecule has 0 N–H and O–H groups in total. The van der Waals surface area contributed by atoms with E-state index in [1.807, 2.05) is 6.07 Å². The maximum Gasteiger partial charge on any atom is 0.179 e. The second kappa shape index (κ2) is 21.0. The highest BCUT2D eigenvalue weighted by atomic mass is 28.3. The van der Waals surface area contributed by atoms with Crippen LogP contribution >= 0.6 is 0 Å². The number of nitrogens with zero attached hydrogens (tertiary/aromatic N) is 2. The first-order valence-corrected chi connectivity index (χ1v) is 32.3. The Morgan fingerprint density at radius 1 is 0.227 bits per heavy atom. The fraction of sp³-hybridized carbons (Fsp3) is 0.